The van der Waals surface area contributed by atoms with Gasteiger partial charge in [-0.05, 0) is 43.2 Å². The lowest BCUT2D eigenvalue weighted by molar-refractivity contribution is -0.137. The summed E-state index contributed by atoms with van der Waals surface area (Å²) < 4.78 is 39.9. The van der Waals surface area contributed by atoms with Crippen molar-refractivity contribution >= 4 is 33.4 Å². The summed E-state index contributed by atoms with van der Waals surface area (Å²) >= 11 is 1.64. The molecule has 0 saturated carbocycles. The number of hydrogen-bond acceptors (Lipinski definition) is 4. The number of para-hydroxylation sites is 1. The first-order chi connectivity index (χ1) is 15.3. The van der Waals surface area contributed by atoms with E-state index in [0.29, 0.717) is 39.0 Å². The van der Waals surface area contributed by atoms with Gasteiger partial charge in [0.25, 0.3) is 5.91 Å². The van der Waals surface area contributed by atoms with Gasteiger partial charge < -0.3 is 9.80 Å². The highest BCUT2D eigenvalue weighted by Crippen LogP contribution is 2.30. The average Bonchev–Trinajstić information content (AvgIpc) is 3.21. The third kappa shape index (κ3) is 5.09. The Labute approximate surface area is 187 Å². The first-order valence-corrected chi connectivity index (χ1v) is 11.2. The summed E-state index contributed by atoms with van der Waals surface area (Å²) in [5, 5.41) is 1.01. The predicted octanol–water partition coefficient (Wildman–Crippen LogP) is 4.62. The van der Waals surface area contributed by atoms with Crippen molar-refractivity contribution in [1.29, 1.82) is 0 Å². The van der Waals surface area contributed by atoms with E-state index < -0.39 is 17.6 Å². The van der Waals surface area contributed by atoms with Crippen molar-refractivity contribution in [2.45, 2.75) is 25.4 Å². The van der Waals surface area contributed by atoms with E-state index in [9.17, 15) is 22.8 Å². The molecule has 4 rings (SSSR count). The van der Waals surface area contributed by atoms with E-state index in [2.05, 4.69) is 4.98 Å². The van der Waals surface area contributed by atoms with Gasteiger partial charge in [-0.3, -0.25) is 9.59 Å². The summed E-state index contributed by atoms with van der Waals surface area (Å²) in [4.78, 5) is 32.9. The number of benzene rings is 2. The summed E-state index contributed by atoms with van der Waals surface area (Å²) in [5.74, 6) is -0.420. The van der Waals surface area contributed by atoms with Crippen molar-refractivity contribution < 1.29 is 22.8 Å². The Kier molecular flexibility index (Phi) is 6.45. The molecule has 1 fully saturated rings. The molecule has 1 aromatic heterocycles. The van der Waals surface area contributed by atoms with Crippen LogP contribution < -0.4 is 0 Å². The molecule has 2 aromatic carbocycles. The van der Waals surface area contributed by atoms with E-state index in [1.165, 1.54) is 17.0 Å². The minimum Gasteiger partial charge on any atom is -0.339 e. The van der Waals surface area contributed by atoms with E-state index >= 15 is 0 Å². The Hall–Kier alpha value is -2.94. The van der Waals surface area contributed by atoms with Gasteiger partial charge in [0.2, 0.25) is 5.91 Å². The van der Waals surface area contributed by atoms with Crippen molar-refractivity contribution in [3.05, 3.63) is 64.7 Å². The van der Waals surface area contributed by atoms with Crippen molar-refractivity contribution in [3.8, 4) is 0 Å². The van der Waals surface area contributed by atoms with E-state index in [4.69, 9.17) is 0 Å². The first-order valence-electron chi connectivity index (χ1n) is 10.4. The summed E-state index contributed by atoms with van der Waals surface area (Å²) in [6.07, 6.45) is -2.66. The molecular formula is C23H22F3N3O2S. The van der Waals surface area contributed by atoms with Crippen LogP contribution in [-0.2, 0) is 17.4 Å². The van der Waals surface area contributed by atoms with Gasteiger partial charge in [0.15, 0.2) is 0 Å². The van der Waals surface area contributed by atoms with Crippen LogP contribution in [0.1, 0.15) is 33.8 Å². The summed E-state index contributed by atoms with van der Waals surface area (Å²) in [6.45, 7) is 1.37. The Morgan fingerprint density at radius 1 is 0.969 bits per heavy atom. The SMILES string of the molecule is O=C(CCCc1nc2ccccc2s1)N1CCN(C(=O)c2cccc(C(F)(F)F)c2)CC1. The largest absolute Gasteiger partial charge is 0.416 e. The number of hydrogen-bond donors (Lipinski definition) is 0. The molecule has 5 nitrogen and oxygen atoms in total. The van der Waals surface area contributed by atoms with Crippen LogP contribution in [0.4, 0.5) is 13.2 Å². The first kappa shape index (κ1) is 22.3. The van der Waals surface area contributed by atoms with Gasteiger partial charge in [0.1, 0.15) is 0 Å². The number of carbonyl (C=O) groups excluding carboxylic acids is 2. The highest BCUT2D eigenvalue weighted by Gasteiger charge is 2.32. The van der Waals surface area contributed by atoms with Gasteiger partial charge in [-0.15, -0.1) is 11.3 Å². The number of carbonyl (C=O) groups is 2. The van der Waals surface area contributed by atoms with Crippen LogP contribution in [0.3, 0.4) is 0 Å². The molecule has 1 aliphatic heterocycles. The minimum absolute atomic E-state index is 0.00966. The molecule has 3 aromatic rings. The van der Waals surface area contributed by atoms with Crippen LogP contribution in [0.15, 0.2) is 48.5 Å². The third-order valence-corrected chi connectivity index (χ3v) is 6.57. The Morgan fingerprint density at radius 3 is 2.41 bits per heavy atom. The molecule has 32 heavy (non-hydrogen) atoms. The van der Waals surface area contributed by atoms with Gasteiger partial charge in [0, 0.05) is 38.2 Å². The molecule has 0 radical (unpaired) electrons. The second-order valence-corrected chi connectivity index (χ2v) is 8.80. The smallest absolute Gasteiger partial charge is 0.339 e. The number of nitrogens with zero attached hydrogens (tertiary/aromatic N) is 3. The van der Waals surface area contributed by atoms with E-state index in [0.717, 1.165) is 33.8 Å². The molecule has 1 aliphatic rings. The monoisotopic (exact) mass is 461 g/mol. The van der Waals surface area contributed by atoms with Gasteiger partial charge >= 0.3 is 6.18 Å². The molecule has 0 unspecified atom stereocenters. The van der Waals surface area contributed by atoms with Crippen molar-refractivity contribution in [3.63, 3.8) is 0 Å². The molecular weight excluding hydrogens is 439 g/mol. The molecule has 2 heterocycles. The summed E-state index contributed by atoms with van der Waals surface area (Å²) in [7, 11) is 0. The zero-order valence-electron chi connectivity index (χ0n) is 17.3. The number of thiazole rings is 1. The maximum Gasteiger partial charge on any atom is 0.416 e. The second-order valence-electron chi connectivity index (χ2n) is 7.68. The minimum atomic E-state index is -4.49. The molecule has 0 atom stereocenters. The predicted molar refractivity (Wildman–Crippen MR) is 116 cm³/mol. The van der Waals surface area contributed by atoms with Crippen LogP contribution in [0, 0.1) is 0 Å². The average molecular weight is 462 g/mol. The highest BCUT2D eigenvalue weighted by molar-refractivity contribution is 7.18. The lowest BCUT2D eigenvalue weighted by atomic mass is 10.1. The molecule has 2 amide bonds. The molecule has 168 valence electrons. The van der Waals surface area contributed by atoms with Crippen LogP contribution >= 0.6 is 11.3 Å². The Bertz CT molecular complexity index is 1090. The fourth-order valence-electron chi connectivity index (χ4n) is 3.75. The molecule has 9 heteroatoms. The van der Waals surface area contributed by atoms with Gasteiger partial charge in [-0.2, -0.15) is 13.2 Å². The topological polar surface area (TPSA) is 53.5 Å². The van der Waals surface area contributed by atoms with Crippen molar-refractivity contribution in [2.75, 3.05) is 26.2 Å². The molecule has 0 N–H and O–H groups in total. The van der Waals surface area contributed by atoms with E-state index in [1.807, 2.05) is 24.3 Å². The standard InChI is InChI=1S/C23H22F3N3O2S/c24-23(25,26)17-6-3-5-16(15-17)22(31)29-13-11-28(12-14-29)21(30)10-4-9-20-27-18-7-1-2-8-19(18)32-20/h1-3,5-8,15H,4,9-14H2. The van der Waals surface area contributed by atoms with Crippen molar-refractivity contribution in [1.82, 2.24) is 14.8 Å². The quantitative estimate of drug-likeness (QED) is 0.557. The third-order valence-electron chi connectivity index (χ3n) is 5.48. The highest BCUT2D eigenvalue weighted by atomic mass is 32.1. The van der Waals surface area contributed by atoms with E-state index in [1.54, 1.807) is 16.2 Å². The summed E-state index contributed by atoms with van der Waals surface area (Å²) in [5.41, 5.74) is 0.140. The number of halogens is 3. The van der Waals surface area contributed by atoms with Crippen LogP contribution in [0.2, 0.25) is 0 Å². The Balaban J connectivity index is 1.26. The van der Waals surface area contributed by atoms with Gasteiger partial charge in [0.05, 0.1) is 20.8 Å². The number of aromatic nitrogens is 1. The fraction of sp³-hybridized carbons (Fsp3) is 0.348. The van der Waals surface area contributed by atoms with Gasteiger partial charge in [-0.1, -0.05) is 18.2 Å². The number of piperazine rings is 1. The lowest BCUT2D eigenvalue weighted by Crippen LogP contribution is -2.50. The van der Waals surface area contributed by atoms with Crippen LogP contribution in [0.5, 0.6) is 0 Å². The van der Waals surface area contributed by atoms with Crippen molar-refractivity contribution in [2.24, 2.45) is 0 Å². The number of rotatable bonds is 5. The van der Waals surface area contributed by atoms with E-state index in [-0.39, 0.29) is 11.5 Å². The maximum absolute atomic E-state index is 12.9. The number of fused-ring (bicyclic) bond motifs is 1. The zero-order chi connectivity index (χ0) is 22.7. The maximum atomic E-state index is 12.9. The number of amides is 2. The fourth-order valence-corrected chi connectivity index (χ4v) is 4.75. The second kappa shape index (κ2) is 9.28. The molecule has 0 spiro atoms. The Morgan fingerprint density at radius 2 is 1.69 bits per heavy atom. The van der Waals surface area contributed by atoms with Gasteiger partial charge in [-0.25, -0.2) is 4.98 Å². The van der Waals surface area contributed by atoms with Crippen LogP contribution in [-0.4, -0.2) is 52.8 Å². The normalized spacial score (nSPS) is 14.7. The number of aryl methyl sites for hydroxylation is 1. The molecule has 0 bridgehead atoms. The zero-order valence-corrected chi connectivity index (χ0v) is 18.1. The number of alkyl halides is 3. The summed E-state index contributed by atoms with van der Waals surface area (Å²) in [6, 6.07) is 12.4. The van der Waals surface area contributed by atoms with Crippen LogP contribution in [0.25, 0.3) is 10.2 Å². The molecule has 1 saturated heterocycles. The molecule has 0 aliphatic carbocycles. The lowest BCUT2D eigenvalue weighted by Gasteiger charge is -2.35.